The van der Waals surface area contributed by atoms with Crippen molar-refractivity contribution >= 4 is 39.2 Å². The molecule has 3 heterocycles. The molecule has 1 fully saturated rings. The number of nitrogens with one attached hydrogen (secondary N) is 1. The molecule has 1 unspecified atom stereocenters. The highest BCUT2D eigenvalue weighted by molar-refractivity contribution is 14.1. The minimum absolute atomic E-state index is 0.926. The molecular weight excluding hydrogens is 514 g/mol. The van der Waals surface area contributed by atoms with Crippen LogP contribution in [0.25, 0.3) is 22.2 Å². The second kappa shape index (κ2) is 12.1. The van der Waals surface area contributed by atoms with E-state index in [0.29, 0.717) is 0 Å². The lowest BCUT2D eigenvalue weighted by Gasteiger charge is -2.33. The van der Waals surface area contributed by atoms with E-state index in [1.807, 2.05) is 18.5 Å². The molecule has 6 heteroatoms. The molecule has 0 radical (unpaired) electrons. The Morgan fingerprint density at radius 1 is 1.25 bits per heavy atom. The number of aryl methyl sites for hydroxylation is 1. The zero-order valence-corrected chi connectivity index (χ0v) is 21.1. The van der Waals surface area contributed by atoms with E-state index >= 15 is 0 Å². The van der Waals surface area contributed by atoms with Gasteiger partial charge in [-0.15, -0.1) is 0 Å². The first-order valence-corrected chi connectivity index (χ1v) is 12.5. The second-order valence-corrected chi connectivity index (χ2v) is 9.25. The third-order valence-electron chi connectivity index (χ3n) is 5.90. The molecule has 1 N–H and O–H groups in total. The SMILES string of the molecule is C=CNC(F)I.CCCC1CCN(c2ccc(-c3cc(C)c4cnccc4n3)cc2)CC1. The fourth-order valence-corrected chi connectivity index (χ4v) is 4.46. The molecule has 1 aliphatic heterocycles. The number of halogens is 2. The number of hydrogen-bond acceptors (Lipinski definition) is 4. The van der Waals surface area contributed by atoms with Crippen molar-refractivity contribution in [3.8, 4) is 11.3 Å². The number of nitrogens with zero attached hydrogens (tertiary/aromatic N) is 3. The van der Waals surface area contributed by atoms with Crippen LogP contribution in [-0.4, -0.2) is 27.4 Å². The van der Waals surface area contributed by atoms with Crippen molar-refractivity contribution in [3.05, 3.63) is 67.1 Å². The molecule has 1 aliphatic rings. The molecule has 4 nitrogen and oxygen atoms in total. The Balaban J connectivity index is 0.000000427. The first-order chi connectivity index (χ1) is 15.5. The van der Waals surface area contributed by atoms with Gasteiger partial charge in [0.05, 0.1) is 11.2 Å². The van der Waals surface area contributed by atoms with Crippen LogP contribution in [0.4, 0.5) is 10.1 Å². The van der Waals surface area contributed by atoms with Gasteiger partial charge < -0.3 is 10.2 Å². The number of piperidine rings is 1. The largest absolute Gasteiger partial charge is 0.372 e. The molecule has 0 spiro atoms. The number of alkyl halides is 2. The number of benzene rings is 1. The van der Waals surface area contributed by atoms with Crippen LogP contribution in [0.5, 0.6) is 0 Å². The molecule has 0 saturated carbocycles. The highest BCUT2D eigenvalue weighted by Gasteiger charge is 2.18. The van der Waals surface area contributed by atoms with E-state index < -0.39 is 4.30 Å². The quantitative estimate of drug-likeness (QED) is 0.205. The van der Waals surface area contributed by atoms with Gasteiger partial charge in [0, 0.05) is 42.1 Å². The maximum atomic E-state index is 11.5. The molecule has 1 atom stereocenters. The third-order valence-corrected chi connectivity index (χ3v) is 6.26. The zero-order valence-electron chi connectivity index (χ0n) is 18.9. The molecule has 0 aliphatic carbocycles. The predicted molar refractivity (Wildman–Crippen MR) is 142 cm³/mol. The van der Waals surface area contributed by atoms with E-state index in [4.69, 9.17) is 4.98 Å². The van der Waals surface area contributed by atoms with Gasteiger partial charge in [-0.25, -0.2) is 9.37 Å². The predicted octanol–water partition coefficient (Wildman–Crippen LogP) is 7.03. The topological polar surface area (TPSA) is 41.0 Å². The Hall–Kier alpha value is -2.22. The van der Waals surface area contributed by atoms with Crippen molar-refractivity contribution in [1.82, 2.24) is 15.3 Å². The normalized spacial score (nSPS) is 15.1. The highest BCUT2D eigenvalue weighted by atomic mass is 127. The fraction of sp³-hybridized carbons (Fsp3) is 0.385. The van der Waals surface area contributed by atoms with Crippen LogP contribution < -0.4 is 10.2 Å². The summed E-state index contributed by atoms with van der Waals surface area (Å²) in [7, 11) is 0. The Bertz CT molecular complexity index is 998. The highest BCUT2D eigenvalue weighted by Crippen LogP contribution is 2.29. The van der Waals surface area contributed by atoms with E-state index in [9.17, 15) is 4.39 Å². The summed E-state index contributed by atoms with van der Waals surface area (Å²) in [5, 5.41) is 3.42. The molecule has 1 saturated heterocycles. The lowest BCUT2D eigenvalue weighted by atomic mass is 9.92. The maximum Gasteiger partial charge on any atom is 0.220 e. The van der Waals surface area contributed by atoms with Gasteiger partial charge >= 0.3 is 0 Å². The lowest BCUT2D eigenvalue weighted by Crippen LogP contribution is -2.33. The van der Waals surface area contributed by atoms with Gasteiger partial charge in [0.2, 0.25) is 4.30 Å². The molecule has 1 aromatic carbocycles. The summed E-state index contributed by atoms with van der Waals surface area (Å²) in [6, 6.07) is 13.1. The van der Waals surface area contributed by atoms with E-state index in [1.54, 1.807) is 22.6 Å². The number of hydrogen-bond donors (Lipinski definition) is 1. The Morgan fingerprint density at radius 3 is 2.56 bits per heavy atom. The molecule has 32 heavy (non-hydrogen) atoms. The van der Waals surface area contributed by atoms with Gasteiger partial charge in [0.1, 0.15) is 0 Å². The Morgan fingerprint density at radius 2 is 1.97 bits per heavy atom. The van der Waals surface area contributed by atoms with Crippen molar-refractivity contribution in [2.45, 2.75) is 43.8 Å². The summed E-state index contributed by atoms with van der Waals surface area (Å²) in [6.45, 7) is 10.0. The monoisotopic (exact) mass is 546 g/mol. The van der Waals surface area contributed by atoms with Gasteiger partial charge in [-0.2, -0.15) is 0 Å². The van der Waals surface area contributed by atoms with Gasteiger partial charge in [0.25, 0.3) is 0 Å². The van der Waals surface area contributed by atoms with Crippen molar-refractivity contribution in [2.75, 3.05) is 18.0 Å². The molecule has 0 bridgehead atoms. The van der Waals surface area contributed by atoms with E-state index in [-0.39, 0.29) is 0 Å². The van der Waals surface area contributed by atoms with Crippen molar-refractivity contribution < 1.29 is 4.39 Å². The third kappa shape index (κ3) is 6.64. The summed E-state index contributed by atoms with van der Waals surface area (Å²) < 4.78 is 10.5. The fourth-order valence-electron chi connectivity index (χ4n) is 4.20. The Kier molecular flexibility index (Phi) is 9.26. The summed E-state index contributed by atoms with van der Waals surface area (Å²) >= 11 is 1.59. The molecular formula is C26H32FIN4. The second-order valence-electron chi connectivity index (χ2n) is 8.15. The molecule has 170 valence electrons. The average Bonchev–Trinajstić information content (AvgIpc) is 2.80. The summed E-state index contributed by atoms with van der Waals surface area (Å²) in [5.41, 5.74) is 5.79. The van der Waals surface area contributed by atoms with Gasteiger partial charge in [-0.3, -0.25) is 4.98 Å². The average molecular weight is 546 g/mol. The number of rotatable bonds is 6. The number of aromatic nitrogens is 2. The van der Waals surface area contributed by atoms with Gasteiger partial charge in [-0.05, 0) is 84.3 Å². The van der Waals surface area contributed by atoms with Crippen molar-refractivity contribution in [3.63, 3.8) is 0 Å². The van der Waals surface area contributed by atoms with Crippen LogP contribution in [0.15, 0.2) is 61.6 Å². The number of anilines is 1. The number of pyridine rings is 2. The van der Waals surface area contributed by atoms with Crippen molar-refractivity contribution in [1.29, 1.82) is 0 Å². The van der Waals surface area contributed by atoms with Crippen LogP contribution >= 0.6 is 22.6 Å². The zero-order chi connectivity index (χ0) is 22.9. The summed E-state index contributed by atoms with van der Waals surface area (Å²) in [6.07, 6.45) is 10.4. The van der Waals surface area contributed by atoms with Crippen LogP contribution in [0.1, 0.15) is 38.2 Å². The van der Waals surface area contributed by atoms with E-state index in [2.05, 4.69) is 66.0 Å². The molecule has 3 aromatic rings. The van der Waals surface area contributed by atoms with Crippen LogP contribution in [-0.2, 0) is 0 Å². The first-order valence-electron chi connectivity index (χ1n) is 11.2. The first kappa shape index (κ1) is 24.4. The smallest absolute Gasteiger partial charge is 0.220 e. The molecule has 0 amide bonds. The van der Waals surface area contributed by atoms with Gasteiger partial charge in [-0.1, -0.05) is 38.5 Å². The van der Waals surface area contributed by atoms with Crippen LogP contribution in [0.3, 0.4) is 0 Å². The minimum Gasteiger partial charge on any atom is -0.372 e. The Labute approximate surface area is 204 Å². The minimum atomic E-state index is -1.000. The standard InChI is InChI=1S/C23H27N3.C3H5FIN/c1-3-4-18-10-13-26(14-11-18)20-7-5-19(6-8-20)23-15-17(2)21-16-24-12-9-22(21)25-23;1-2-6-3(4)5/h5-9,12,15-16,18H,3-4,10-11,13-14H2,1-2H3;2-3,6H,1H2. The lowest BCUT2D eigenvalue weighted by molar-refractivity contribution is 0.378. The molecule has 4 rings (SSSR count). The van der Waals surface area contributed by atoms with E-state index in [1.165, 1.54) is 61.8 Å². The maximum absolute atomic E-state index is 11.5. The van der Waals surface area contributed by atoms with Crippen molar-refractivity contribution in [2.24, 2.45) is 5.92 Å². The molecule has 2 aromatic heterocycles. The van der Waals surface area contributed by atoms with Crippen LogP contribution in [0.2, 0.25) is 0 Å². The number of fused-ring (bicyclic) bond motifs is 1. The van der Waals surface area contributed by atoms with Crippen LogP contribution in [0, 0.1) is 12.8 Å². The summed E-state index contributed by atoms with van der Waals surface area (Å²) in [5.74, 6) is 0.926. The summed E-state index contributed by atoms with van der Waals surface area (Å²) in [4.78, 5) is 11.6. The van der Waals surface area contributed by atoms with Gasteiger partial charge in [0.15, 0.2) is 0 Å². The van der Waals surface area contributed by atoms with E-state index in [0.717, 1.165) is 22.5 Å².